The fourth-order valence-electron chi connectivity index (χ4n) is 2.39. The maximum absolute atomic E-state index is 5.83. The largest absolute Gasteiger partial charge is 0.367 e. The quantitative estimate of drug-likeness (QED) is 0.728. The zero-order chi connectivity index (χ0) is 13.4. The highest BCUT2D eigenvalue weighted by atomic mass is 32.1. The Morgan fingerprint density at radius 2 is 2.20 bits per heavy atom. The summed E-state index contributed by atoms with van der Waals surface area (Å²) in [5.41, 5.74) is 1.01. The van der Waals surface area contributed by atoms with E-state index in [1.807, 2.05) is 17.6 Å². The number of hydrogen-bond donors (Lipinski definition) is 0. The van der Waals surface area contributed by atoms with Crippen molar-refractivity contribution in [2.24, 2.45) is 0 Å². The SMILES string of the molecule is c1csc(C2CN(c3ncnc4ccsc34)CCO2)n1. The molecule has 1 atom stereocenters. The number of thiazole rings is 1. The Morgan fingerprint density at radius 1 is 1.20 bits per heavy atom. The number of nitrogens with zero attached hydrogens (tertiary/aromatic N) is 4. The van der Waals surface area contributed by atoms with Gasteiger partial charge >= 0.3 is 0 Å². The third-order valence-corrected chi connectivity index (χ3v) is 5.08. The Labute approximate surface area is 123 Å². The number of morpholine rings is 1. The first-order valence-electron chi connectivity index (χ1n) is 6.36. The van der Waals surface area contributed by atoms with Crippen LogP contribution in [0.2, 0.25) is 0 Å². The summed E-state index contributed by atoms with van der Waals surface area (Å²) in [6.07, 6.45) is 3.50. The molecular formula is C13H12N4OS2. The number of anilines is 1. The summed E-state index contributed by atoms with van der Waals surface area (Å²) in [6, 6.07) is 2.03. The molecule has 1 aliphatic rings. The number of fused-ring (bicyclic) bond motifs is 1. The lowest BCUT2D eigenvalue weighted by atomic mass is 10.2. The molecule has 1 unspecified atom stereocenters. The molecule has 1 fully saturated rings. The second kappa shape index (κ2) is 5.08. The van der Waals surface area contributed by atoms with Crippen LogP contribution in [0.5, 0.6) is 0 Å². The fourth-order valence-corrected chi connectivity index (χ4v) is 3.92. The lowest BCUT2D eigenvalue weighted by Gasteiger charge is -2.32. The van der Waals surface area contributed by atoms with Crippen LogP contribution < -0.4 is 4.90 Å². The average Bonchev–Trinajstić information content (AvgIpc) is 3.18. The smallest absolute Gasteiger partial charge is 0.150 e. The van der Waals surface area contributed by atoms with E-state index >= 15 is 0 Å². The topological polar surface area (TPSA) is 51.1 Å². The molecule has 0 bridgehead atoms. The van der Waals surface area contributed by atoms with Crippen molar-refractivity contribution in [2.45, 2.75) is 6.10 Å². The van der Waals surface area contributed by atoms with E-state index in [2.05, 4.69) is 25.2 Å². The molecule has 0 amide bonds. The van der Waals surface area contributed by atoms with Crippen LogP contribution >= 0.6 is 22.7 Å². The van der Waals surface area contributed by atoms with E-state index in [4.69, 9.17) is 4.74 Å². The van der Waals surface area contributed by atoms with Crippen molar-refractivity contribution in [3.63, 3.8) is 0 Å². The molecular weight excluding hydrogens is 292 g/mol. The van der Waals surface area contributed by atoms with Gasteiger partial charge in [-0.3, -0.25) is 0 Å². The number of rotatable bonds is 2. The second-order valence-electron chi connectivity index (χ2n) is 4.51. The van der Waals surface area contributed by atoms with E-state index in [1.54, 1.807) is 29.0 Å². The molecule has 4 rings (SSSR count). The van der Waals surface area contributed by atoms with E-state index in [0.29, 0.717) is 6.61 Å². The lowest BCUT2D eigenvalue weighted by molar-refractivity contribution is 0.0395. The predicted octanol–water partition coefficient (Wildman–Crippen LogP) is 2.73. The van der Waals surface area contributed by atoms with Gasteiger partial charge in [-0.2, -0.15) is 0 Å². The zero-order valence-corrected chi connectivity index (χ0v) is 12.2. The van der Waals surface area contributed by atoms with Gasteiger partial charge in [-0.1, -0.05) is 0 Å². The van der Waals surface area contributed by atoms with Gasteiger partial charge in [0, 0.05) is 18.1 Å². The van der Waals surface area contributed by atoms with Crippen LogP contribution in [0.3, 0.4) is 0 Å². The maximum Gasteiger partial charge on any atom is 0.150 e. The number of hydrogen-bond acceptors (Lipinski definition) is 7. The number of aromatic nitrogens is 3. The Kier molecular flexibility index (Phi) is 3.10. The molecule has 0 spiro atoms. The van der Waals surface area contributed by atoms with Crippen molar-refractivity contribution in [1.29, 1.82) is 0 Å². The molecule has 7 heteroatoms. The van der Waals surface area contributed by atoms with Crippen LogP contribution in [-0.4, -0.2) is 34.6 Å². The Hall–Kier alpha value is -1.57. The summed E-state index contributed by atoms with van der Waals surface area (Å²) in [5.74, 6) is 1.01. The molecule has 3 aromatic heterocycles. The first-order valence-corrected chi connectivity index (χ1v) is 8.12. The molecule has 0 aliphatic carbocycles. The van der Waals surface area contributed by atoms with Crippen molar-refractivity contribution in [2.75, 3.05) is 24.6 Å². The fraction of sp³-hybridized carbons (Fsp3) is 0.308. The van der Waals surface area contributed by atoms with Gasteiger partial charge in [-0.25, -0.2) is 15.0 Å². The van der Waals surface area contributed by atoms with Crippen LogP contribution in [0.25, 0.3) is 10.2 Å². The highest BCUT2D eigenvalue weighted by Crippen LogP contribution is 2.32. The molecule has 102 valence electrons. The van der Waals surface area contributed by atoms with Gasteiger partial charge < -0.3 is 9.64 Å². The molecule has 0 N–H and O–H groups in total. The normalized spacial score (nSPS) is 19.6. The van der Waals surface area contributed by atoms with Gasteiger partial charge in [-0.05, 0) is 11.4 Å². The van der Waals surface area contributed by atoms with Crippen LogP contribution in [0, 0.1) is 0 Å². The Morgan fingerprint density at radius 3 is 3.10 bits per heavy atom. The van der Waals surface area contributed by atoms with Gasteiger partial charge in [0.2, 0.25) is 0 Å². The van der Waals surface area contributed by atoms with Crippen molar-refractivity contribution >= 4 is 38.7 Å². The minimum Gasteiger partial charge on any atom is -0.367 e. The summed E-state index contributed by atoms with van der Waals surface area (Å²) in [6.45, 7) is 2.34. The molecule has 5 nitrogen and oxygen atoms in total. The Bertz CT molecular complexity index is 712. The van der Waals surface area contributed by atoms with E-state index in [-0.39, 0.29) is 6.10 Å². The van der Waals surface area contributed by atoms with Gasteiger partial charge in [0.05, 0.1) is 23.4 Å². The maximum atomic E-state index is 5.83. The van der Waals surface area contributed by atoms with Crippen molar-refractivity contribution < 1.29 is 4.74 Å². The third-order valence-electron chi connectivity index (χ3n) is 3.32. The predicted molar refractivity (Wildman–Crippen MR) is 80.4 cm³/mol. The van der Waals surface area contributed by atoms with Crippen LogP contribution in [0.1, 0.15) is 11.1 Å². The molecule has 1 aliphatic heterocycles. The standard InChI is InChI=1S/C13H12N4OS2/c1-5-19-11-9(1)15-8-16-12(11)17-3-4-18-10(7-17)13-14-2-6-20-13/h1-2,5-6,8,10H,3-4,7H2. The molecule has 1 saturated heterocycles. The van der Waals surface area contributed by atoms with Crippen molar-refractivity contribution in [3.8, 4) is 0 Å². The number of ether oxygens (including phenoxy) is 1. The summed E-state index contributed by atoms with van der Waals surface area (Å²) in [4.78, 5) is 15.4. The highest BCUT2D eigenvalue weighted by Gasteiger charge is 2.26. The van der Waals surface area contributed by atoms with Crippen molar-refractivity contribution in [3.05, 3.63) is 34.4 Å². The lowest BCUT2D eigenvalue weighted by Crippen LogP contribution is -2.38. The van der Waals surface area contributed by atoms with E-state index in [1.165, 1.54) is 0 Å². The van der Waals surface area contributed by atoms with Crippen molar-refractivity contribution in [1.82, 2.24) is 15.0 Å². The minimum absolute atomic E-state index is 0.0359. The second-order valence-corrected chi connectivity index (χ2v) is 6.35. The molecule has 3 aromatic rings. The number of thiophene rings is 1. The van der Waals surface area contributed by atoms with Crippen LogP contribution in [0.4, 0.5) is 5.82 Å². The Balaban J connectivity index is 1.66. The first-order chi connectivity index (χ1) is 9.92. The van der Waals surface area contributed by atoms with E-state index in [9.17, 15) is 0 Å². The summed E-state index contributed by atoms with van der Waals surface area (Å²) in [5, 5.41) is 5.08. The van der Waals surface area contributed by atoms with Gasteiger partial charge in [0.1, 0.15) is 23.3 Å². The molecule has 4 heterocycles. The van der Waals surface area contributed by atoms with Gasteiger partial charge in [-0.15, -0.1) is 22.7 Å². The van der Waals surface area contributed by atoms with Crippen LogP contribution in [0.15, 0.2) is 29.4 Å². The first kappa shape index (κ1) is 12.2. The van der Waals surface area contributed by atoms with Crippen LogP contribution in [-0.2, 0) is 4.74 Å². The molecule has 0 saturated carbocycles. The third kappa shape index (κ3) is 2.07. The van der Waals surface area contributed by atoms with Gasteiger partial charge in [0.25, 0.3) is 0 Å². The average molecular weight is 304 g/mol. The summed E-state index contributed by atoms with van der Waals surface area (Å²) in [7, 11) is 0. The van der Waals surface area contributed by atoms with Gasteiger partial charge in [0.15, 0.2) is 0 Å². The van der Waals surface area contributed by atoms with E-state index < -0.39 is 0 Å². The summed E-state index contributed by atoms with van der Waals surface area (Å²) >= 11 is 3.32. The zero-order valence-electron chi connectivity index (χ0n) is 10.6. The monoisotopic (exact) mass is 304 g/mol. The highest BCUT2D eigenvalue weighted by molar-refractivity contribution is 7.17. The molecule has 20 heavy (non-hydrogen) atoms. The molecule has 0 aromatic carbocycles. The molecule has 0 radical (unpaired) electrons. The minimum atomic E-state index is 0.0359. The summed E-state index contributed by atoms with van der Waals surface area (Å²) < 4.78 is 6.98. The van der Waals surface area contributed by atoms with E-state index in [0.717, 1.165) is 34.1 Å².